The van der Waals surface area contributed by atoms with Crippen molar-refractivity contribution < 1.29 is 28.2 Å². The first-order valence-electron chi connectivity index (χ1n) is 8.62. The third-order valence-electron chi connectivity index (χ3n) is 4.88. The number of likely N-dealkylation sites (tertiary alicyclic amines) is 1. The summed E-state index contributed by atoms with van der Waals surface area (Å²) in [6, 6.07) is 2.16. The van der Waals surface area contributed by atoms with Gasteiger partial charge in [-0.05, 0) is 37.5 Å². The lowest BCUT2D eigenvalue weighted by molar-refractivity contribution is -0.137. The van der Waals surface area contributed by atoms with Crippen molar-refractivity contribution >= 4 is 17.4 Å². The summed E-state index contributed by atoms with van der Waals surface area (Å²) in [5.41, 5.74) is -0.204. The molecule has 0 unspecified atom stereocenters. The Hall–Kier alpha value is -2.00. The van der Waals surface area contributed by atoms with Crippen molar-refractivity contribution in [3.05, 3.63) is 23.8 Å². The summed E-state index contributed by atoms with van der Waals surface area (Å²) >= 11 is 0. The van der Waals surface area contributed by atoms with E-state index < -0.39 is 29.9 Å². The number of rotatable bonds is 3. The number of nitrogens with one attached hydrogen (secondary N) is 1. The molecule has 2 fully saturated rings. The van der Waals surface area contributed by atoms with Crippen LogP contribution in [0.3, 0.4) is 0 Å². The van der Waals surface area contributed by atoms with Crippen molar-refractivity contribution in [2.75, 3.05) is 36.5 Å². The molecule has 2 amide bonds. The average molecular weight is 373 g/mol. The van der Waals surface area contributed by atoms with Gasteiger partial charge in [-0.3, -0.25) is 0 Å². The fraction of sp³-hybridized carbons (Fsp3) is 0.588. The lowest BCUT2D eigenvalue weighted by Gasteiger charge is -2.26. The van der Waals surface area contributed by atoms with Crippen LogP contribution in [0.25, 0.3) is 0 Å². The number of halogens is 3. The van der Waals surface area contributed by atoms with Crippen LogP contribution in [0.2, 0.25) is 0 Å². The van der Waals surface area contributed by atoms with Crippen molar-refractivity contribution in [2.45, 2.75) is 37.6 Å². The number of β-amino-alcohol motifs (C(OH)–C–C–N with tert-alkyl or cyclic N) is 1. The van der Waals surface area contributed by atoms with Gasteiger partial charge in [-0.2, -0.15) is 13.2 Å². The minimum Gasteiger partial charge on any atom is -0.394 e. The Bertz CT molecular complexity index is 662. The van der Waals surface area contributed by atoms with Crippen molar-refractivity contribution in [1.82, 2.24) is 4.90 Å². The molecule has 0 spiro atoms. The molecule has 0 radical (unpaired) electrons. The van der Waals surface area contributed by atoms with Gasteiger partial charge in [-0.15, -0.1) is 0 Å². The SMILES string of the molecule is O=C(Nc1cc(C(F)(F)F)ccc1N1CCCC1)N1C[C@@H](O)C[C@H]1CO. The molecule has 1 aromatic carbocycles. The maximum Gasteiger partial charge on any atom is 0.416 e. The van der Waals surface area contributed by atoms with Gasteiger partial charge in [0.2, 0.25) is 0 Å². The molecule has 2 heterocycles. The summed E-state index contributed by atoms with van der Waals surface area (Å²) in [5, 5.41) is 21.6. The number of hydrogen-bond acceptors (Lipinski definition) is 4. The topological polar surface area (TPSA) is 76.0 Å². The second-order valence-corrected chi connectivity index (χ2v) is 6.73. The van der Waals surface area contributed by atoms with Crippen molar-refractivity contribution in [1.29, 1.82) is 0 Å². The largest absolute Gasteiger partial charge is 0.416 e. The first-order chi connectivity index (χ1) is 12.3. The molecule has 0 aliphatic carbocycles. The number of anilines is 2. The highest BCUT2D eigenvalue weighted by Crippen LogP contribution is 2.37. The van der Waals surface area contributed by atoms with Crippen LogP contribution in [0.4, 0.5) is 29.3 Å². The molecule has 3 rings (SSSR count). The summed E-state index contributed by atoms with van der Waals surface area (Å²) in [5.74, 6) is 0. The second kappa shape index (κ2) is 7.32. The minimum absolute atomic E-state index is 0.0368. The van der Waals surface area contributed by atoms with Gasteiger partial charge in [0.1, 0.15) is 0 Å². The third-order valence-corrected chi connectivity index (χ3v) is 4.88. The molecular weight excluding hydrogens is 351 g/mol. The number of nitrogens with zero attached hydrogens (tertiary/aromatic N) is 2. The standard InChI is InChI=1S/C17H22F3N3O3/c18-17(19,20)11-3-4-15(22-5-1-2-6-22)14(7-11)21-16(26)23-9-13(25)8-12(23)10-24/h3-4,7,12-13,24-25H,1-2,5-6,8-10H2,(H,21,26)/t12-,13-/m0/s1. The van der Waals surface area contributed by atoms with Gasteiger partial charge in [0.05, 0.1) is 35.7 Å². The van der Waals surface area contributed by atoms with Gasteiger partial charge < -0.3 is 25.3 Å². The number of benzene rings is 1. The Morgan fingerprint density at radius 2 is 1.96 bits per heavy atom. The van der Waals surface area contributed by atoms with Crippen LogP contribution in [0.15, 0.2) is 18.2 Å². The predicted molar refractivity (Wildman–Crippen MR) is 90.1 cm³/mol. The van der Waals surface area contributed by atoms with E-state index in [0.29, 0.717) is 5.69 Å². The van der Waals surface area contributed by atoms with Gasteiger partial charge in [-0.1, -0.05) is 0 Å². The highest BCUT2D eigenvalue weighted by molar-refractivity contribution is 5.94. The Balaban J connectivity index is 1.87. The lowest BCUT2D eigenvalue weighted by atomic mass is 10.1. The molecule has 1 aromatic rings. The van der Waals surface area contributed by atoms with E-state index in [2.05, 4.69) is 5.32 Å². The van der Waals surface area contributed by atoms with Gasteiger partial charge in [0.15, 0.2) is 0 Å². The monoisotopic (exact) mass is 373 g/mol. The molecule has 2 saturated heterocycles. The molecule has 0 aromatic heterocycles. The Morgan fingerprint density at radius 1 is 1.27 bits per heavy atom. The maximum atomic E-state index is 13.1. The summed E-state index contributed by atoms with van der Waals surface area (Å²) in [4.78, 5) is 15.8. The molecule has 9 heteroatoms. The number of aliphatic hydroxyl groups is 2. The van der Waals surface area contributed by atoms with Crippen molar-refractivity contribution in [2.24, 2.45) is 0 Å². The van der Waals surface area contributed by atoms with Crippen LogP contribution in [-0.4, -0.2) is 59.5 Å². The van der Waals surface area contributed by atoms with Crippen LogP contribution >= 0.6 is 0 Å². The number of hydrogen-bond donors (Lipinski definition) is 3. The maximum absolute atomic E-state index is 13.1. The number of urea groups is 1. The van der Waals surface area contributed by atoms with Crippen molar-refractivity contribution in [3.63, 3.8) is 0 Å². The van der Waals surface area contributed by atoms with Crippen LogP contribution < -0.4 is 10.2 Å². The second-order valence-electron chi connectivity index (χ2n) is 6.73. The van der Waals surface area contributed by atoms with E-state index >= 15 is 0 Å². The Morgan fingerprint density at radius 3 is 2.58 bits per heavy atom. The number of amides is 2. The quantitative estimate of drug-likeness (QED) is 0.760. The van der Waals surface area contributed by atoms with Gasteiger partial charge in [0.25, 0.3) is 0 Å². The van der Waals surface area contributed by atoms with Gasteiger partial charge in [-0.25, -0.2) is 4.79 Å². The van der Waals surface area contributed by atoms with E-state index in [-0.39, 0.29) is 25.3 Å². The number of carbonyl (C=O) groups excluding carboxylic acids is 1. The Labute approximate surface area is 149 Å². The van der Waals surface area contributed by atoms with E-state index in [0.717, 1.165) is 38.1 Å². The number of aliphatic hydroxyl groups excluding tert-OH is 2. The zero-order valence-corrected chi connectivity index (χ0v) is 14.2. The summed E-state index contributed by atoms with van der Waals surface area (Å²) < 4.78 is 39.2. The lowest BCUT2D eigenvalue weighted by Crippen LogP contribution is -2.41. The molecule has 2 aliphatic heterocycles. The number of carbonyl (C=O) groups is 1. The van der Waals surface area contributed by atoms with Crippen molar-refractivity contribution in [3.8, 4) is 0 Å². The smallest absolute Gasteiger partial charge is 0.394 e. The fourth-order valence-electron chi connectivity index (χ4n) is 3.55. The molecule has 2 aliphatic rings. The van der Waals surface area contributed by atoms with Crippen LogP contribution in [0, 0.1) is 0 Å². The van der Waals surface area contributed by atoms with Gasteiger partial charge in [0, 0.05) is 19.6 Å². The highest BCUT2D eigenvalue weighted by atomic mass is 19.4. The molecule has 26 heavy (non-hydrogen) atoms. The van der Waals surface area contributed by atoms with Crippen LogP contribution in [0.1, 0.15) is 24.8 Å². The molecular formula is C17H22F3N3O3. The number of alkyl halides is 3. The van der Waals surface area contributed by atoms with E-state index in [9.17, 15) is 28.2 Å². The van der Waals surface area contributed by atoms with E-state index in [1.54, 1.807) is 0 Å². The summed E-state index contributed by atoms with van der Waals surface area (Å²) in [6.07, 6.45) is -3.14. The molecule has 3 N–H and O–H groups in total. The van der Waals surface area contributed by atoms with Gasteiger partial charge >= 0.3 is 12.2 Å². The molecule has 0 bridgehead atoms. The summed E-state index contributed by atoms with van der Waals surface area (Å²) in [6.45, 7) is 1.16. The molecule has 0 saturated carbocycles. The van der Waals surface area contributed by atoms with Crippen LogP contribution in [-0.2, 0) is 6.18 Å². The first-order valence-corrected chi connectivity index (χ1v) is 8.62. The zero-order valence-electron chi connectivity index (χ0n) is 14.2. The van der Waals surface area contributed by atoms with E-state index in [1.165, 1.54) is 11.0 Å². The fourth-order valence-corrected chi connectivity index (χ4v) is 3.55. The van der Waals surface area contributed by atoms with E-state index in [1.807, 2.05) is 4.90 Å². The average Bonchev–Trinajstić information content (AvgIpc) is 3.23. The Kier molecular flexibility index (Phi) is 5.29. The molecule has 2 atom stereocenters. The molecule has 6 nitrogen and oxygen atoms in total. The molecule has 144 valence electrons. The zero-order chi connectivity index (χ0) is 18.9. The third kappa shape index (κ3) is 3.88. The normalized spacial score (nSPS) is 23.6. The minimum atomic E-state index is -4.51. The highest BCUT2D eigenvalue weighted by Gasteiger charge is 2.35. The predicted octanol–water partition coefficient (Wildman–Crippen LogP) is 2.27. The van der Waals surface area contributed by atoms with Crippen LogP contribution in [0.5, 0.6) is 0 Å². The van der Waals surface area contributed by atoms with E-state index in [4.69, 9.17) is 0 Å². The first kappa shape index (κ1) is 18.8. The summed E-state index contributed by atoms with van der Waals surface area (Å²) in [7, 11) is 0.